The molecular formula is C9H8F3. The standard InChI is InChI=1S/C9H8F3/c1-2-3-6-4-5-7(10)9(12)8(6)11/h2,4-5H,3H2,1H3. The molecule has 65 valence electrons. The molecule has 0 heterocycles. The van der Waals surface area contributed by atoms with Crippen molar-refractivity contribution in [3.8, 4) is 0 Å². The minimum absolute atomic E-state index is 0.177. The van der Waals surface area contributed by atoms with Crippen LogP contribution in [0, 0.1) is 23.9 Å². The lowest BCUT2D eigenvalue weighted by Gasteiger charge is -2.01. The molecule has 1 rings (SSSR count). The minimum atomic E-state index is -1.39. The molecule has 1 radical (unpaired) electrons. The molecule has 3 heteroatoms. The van der Waals surface area contributed by atoms with Crippen LogP contribution in [-0.2, 0) is 6.42 Å². The van der Waals surface area contributed by atoms with Crippen LogP contribution in [0.1, 0.15) is 12.5 Å². The van der Waals surface area contributed by atoms with Gasteiger partial charge in [0.25, 0.3) is 0 Å². The molecular weight excluding hydrogens is 165 g/mol. The first-order valence-electron chi connectivity index (χ1n) is 3.57. The predicted molar refractivity (Wildman–Crippen MR) is 40.0 cm³/mol. The van der Waals surface area contributed by atoms with Crippen LogP contribution in [0.15, 0.2) is 12.1 Å². The van der Waals surface area contributed by atoms with Gasteiger partial charge in [0, 0.05) is 0 Å². The van der Waals surface area contributed by atoms with Crippen LogP contribution in [0.5, 0.6) is 0 Å². The smallest absolute Gasteiger partial charge is 0.194 e. The van der Waals surface area contributed by atoms with Crippen molar-refractivity contribution in [3.05, 3.63) is 41.6 Å². The number of hydrogen-bond donors (Lipinski definition) is 0. The highest BCUT2D eigenvalue weighted by Gasteiger charge is 2.11. The van der Waals surface area contributed by atoms with Gasteiger partial charge in [0.1, 0.15) is 0 Å². The van der Waals surface area contributed by atoms with Crippen LogP contribution in [0.3, 0.4) is 0 Å². The summed E-state index contributed by atoms with van der Waals surface area (Å²) in [5.41, 5.74) is 0.177. The monoisotopic (exact) mass is 173 g/mol. The lowest BCUT2D eigenvalue weighted by atomic mass is 10.1. The fraction of sp³-hybridized carbons (Fsp3) is 0.222. The van der Waals surface area contributed by atoms with E-state index in [-0.39, 0.29) is 5.56 Å². The van der Waals surface area contributed by atoms with Crippen molar-refractivity contribution < 1.29 is 13.2 Å². The van der Waals surface area contributed by atoms with Crippen LogP contribution < -0.4 is 0 Å². The van der Waals surface area contributed by atoms with Crippen LogP contribution in [0.25, 0.3) is 0 Å². The van der Waals surface area contributed by atoms with Gasteiger partial charge in [-0.2, -0.15) is 0 Å². The lowest BCUT2D eigenvalue weighted by Crippen LogP contribution is -1.97. The third kappa shape index (κ3) is 1.60. The molecule has 0 bridgehead atoms. The molecule has 0 saturated carbocycles. The van der Waals surface area contributed by atoms with Gasteiger partial charge in [-0.3, -0.25) is 0 Å². The van der Waals surface area contributed by atoms with Crippen molar-refractivity contribution in [3.63, 3.8) is 0 Å². The van der Waals surface area contributed by atoms with Crippen molar-refractivity contribution >= 4 is 0 Å². The molecule has 0 amide bonds. The van der Waals surface area contributed by atoms with E-state index in [0.29, 0.717) is 6.42 Å². The van der Waals surface area contributed by atoms with Crippen molar-refractivity contribution in [1.82, 2.24) is 0 Å². The Morgan fingerprint density at radius 1 is 1.17 bits per heavy atom. The van der Waals surface area contributed by atoms with Crippen LogP contribution in [0.2, 0.25) is 0 Å². The van der Waals surface area contributed by atoms with Crippen LogP contribution in [0.4, 0.5) is 13.2 Å². The van der Waals surface area contributed by atoms with Gasteiger partial charge in [-0.05, 0) is 24.5 Å². The van der Waals surface area contributed by atoms with Gasteiger partial charge in [-0.1, -0.05) is 13.0 Å². The molecule has 0 aliphatic rings. The first kappa shape index (κ1) is 9.10. The first-order chi connectivity index (χ1) is 5.66. The summed E-state index contributed by atoms with van der Waals surface area (Å²) in [6.07, 6.45) is 1.98. The summed E-state index contributed by atoms with van der Waals surface area (Å²) in [6, 6.07) is 2.17. The molecule has 0 N–H and O–H groups in total. The minimum Gasteiger partial charge on any atom is -0.204 e. The Balaban J connectivity index is 3.08. The Hall–Kier alpha value is -0.990. The van der Waals surface area contributed by atoms with Crippen molar-refractivity contribution in [2.45, 2.75) is 13.3 Å². The molecule has 0 unspecified atom stereocenters. The molecule has 0 aliphatic carbocycles. The largest absolute Gasteiger partial charge is 0.204 e. The van der Waals surface area contributed by atoms with Gasteiger partial charge >= 0.3 is 0 Å². The first-order valence-corrected chi connectivity index (χ1v) is 3.57. The van der Waals surface area contributed by atoms with E-state index in [0.717, 1.165) is 6.07 Å². The fourth-order valence-corrected chi connectivity index (χ4v) is 0.943. The zero-order valence-electron chi connectivity index (χ0n) is 6.57. The molecule has 0 nitrogen and oxygen atoms in total. The predicted octanol–water partition coefficient (Wildman–Crippen LogP) is 2.87. The van der Waals surface area contributed by atoms with E-state index in [1.807, 2.05) is 0 Å². The van der Waals surface area contributed by atoms with Crippen molar-refractivity contribution in [1.29, 1.82) is 0 Å². The van der Waals surface area contributed by atoms with E-state index >= 15 is 0 Å². The van der Waals surface area contributed by atoms with E-state index in [1.165, 1.54) is 6.07 Å². The Morgan fingerprint density at radius 3 is 2.42 bits per heavy atom. The summed E-state index contributed by atoms with van der Waals surface area (Å²) < 4.78 is 37.7. The molecule has 12 heavy (non-hydrogen) atoms. The van der Waals surface area contributed by atoms with Gasteiger partial charge < -0.3 is 0 Å². The second-order valence-electron chi connectivity index (χ2n) is 2.45. The summed E-state index contributed by atoms with van der Waals surface area (Å²) >= 11 is 0. The SMILES string of the molecule is C[CH]Cc1ccc(F)c(F)c1F. The molecule has 1 aromatic rings. The van der Waals surface area contributed by atoms with Crippen molar-refractivity contribution in [2.24, 2.45) is 0 Å². The Labute approximate surface area is 69.0 Å². The van der Waals surface area contributed by atoms with E-state index in [9.17, 15) is 13.2 Å². The average molecular weight is 173 g/mol. The van der Waals surface area contributed by atoms with E-state index in [2.05, 4.69) is 0 Å². The maximum Gasteiger partial charge on any atom is 0.194 e. The summed E-state index contributed by atoms with van der Waals surface area (Å²) in [6.45, 7) is 1.72. The highest BCUT2D eigenvalue weighted by Crippen LogP contribution is 2.15. The van der Waals surface area contributed by atoms with Gasteiger partial charge in [-0.25, -0.2) is 13.2 Å². The molecule has 0 aromatic heterocycles. The maximum absolute atomic E-state index is 12.8. The maximum atomic E-state index is 12.8. The van der Waals surface area contributed by atoms with Gasteiger partial charge in [0.15, 0.2) is 17.5 Å². The molecule has 0 spiro atoms. The molecule has 0 aliphatic heterocycles. The van der Waals surface area contributed by atoms with Gasteiger partial charge in [0.2, 0.25) is 0 Å². The van der Waals surface area contributed by atoms with Crippen molar-refractivity contribution in [2.75, 3.05) is 0 Å². The quantitative estimate of drug-likeness (QED) is 0.603. The Bertz CT molecular complexity index is 281. The van der Waals surface area contributed by atoms with E-state index in [4.69, 9.17) is 0 Å². The molecule has 1 aromatic carbocycles. The second kappa shape index (κ2) is 3.61. The normalized spacial score (nSPS) is 10.3. The highest BCUT2D eigenvalue weighted by molar-refractivity contribution is 5.21. The average Bonchev–Trinajstić information content (AvgIpc) is 2.07. The zero-order valence-corrected chi connectivity index (χ0v) is 6.57. The Morgan fingerprint density at radius 2 is 1.83 bits per heavy atom. The molecule has 0 atom stereocenters. The van der Waals surface area contributed by atoms with Gasteiger partial charge in [-0.15, -0.1) is 0 Å². The number of benzene rings is 1. The summed E-state index contributed by atoms with van der Waals surface area (Å²) in [7, 11) is 0. The van der Waals surface area contributed by atoms with E-state index < -0.39 is 17.5 Å². The fourth-order valence-electron chi connectivity index (χ4n) is 0.943. The van der Waals surface area contributed by atoms with E-state index in [1.54, 1.807) is 13.3 Å². The highest BCUT2D eigenvalue weighted by atomic mass is 19.2. The topological polar surface area (TPSA) is 0 Å². The zero-order chi connectivity index (χ0) is 9.14. The third-order valence-corrected chi connectivity index (χ3v) is 1.54. The number of hydrogen-bond acceptors (Lipinski definition) is 0. The lowest BCUT2D eigenvalue weighted by molar-refractivity contribution is 0.442. The summed E-state index contributed by atoms with van der Waals surface area (Å²) in [4.78, 5) is 0. The second-order valence-corrected chi connectivity index (χ2v) is 2.45. The van der Waals surface area contributed by atoms with Gasteiger partial charge in [0.05, 0.1) is 0 Å². The van der Waals surface area contributed by atoms with Crippen LogP contribution >= 0.6 is 0 Å². The summed E-state index contributed by atoms with van der Waals surface area (Å²) in [5.74, 6) is -3.63. The summed E-state index contributed by atoms with van der Waals surface area (Å²) in [5, 5.41) is 0. The Kier molecular flexibility index (Phi) is 2.74. The van der Waals surface area contributed by atoms with Crippen LogP contribution in [-0.4, -0.2) is 0 Å². The number of halogens is 3. The molecule has 0 saturated heterocycles. The molecule has 0 fully saturated rings. The third-order valence-electron chi connectivity index (χ3n) is 1.54. The number of rotatable bonds is 2.